The molecule has 1 aromatic heterocycles. The molecule has 0 bridgehead atoms. The minimum absolute atomic E-state index is 0.00758. The van der Waals surface area contributed by atoms with Gasteiger partial charge in [0, 0.05) is 23.6 Å². The number of halogens is 2. The van der Waals surface area contributed by atoms with E-state index < -0.39 is 0 Å². The Labute approximate surface area is 161 Å². The fourth-order valence-electron chi connectivity index (χ4n) is 3.68. The van der Waals surface area contributed by atoms with Crippen molar-refractivity contribution in [3.63, 3.8) is 0 Å². The maximum absolute atomic E-state index is 13.7. The van der Waals surface area contributed by atoms with Crippen molar-refractivity contribution in [2.75, 3.05) is 6.61 Å². The highest BCUT2D eigenvalue weighted by molar-refractivity contribution is 6.30. The molecule has 0 N–H and O–H groups in total. The monoisotopic (exact) mass is 386 g/mol. The van der Waals surface area contributed by atoms with Crippen LogP contribution in [-0.2, 0) is 16.1 Å². The van der Waals surface area contributed by atoms with Crippen LogP contribution in [0.1, 0.15) is 37.1 Å². The summed E-state index contributed by atoms with van der Waals surface area (Å²) in [7, 11) is 0. The van der Waals surface area contributed by atoms with E-state index in [4.69, 9.17) is 21.3 Å². The van der Waals surface area contributed by atoms with Crippen LogP contribution in [0, 0.1) is 11.7 Å². The molecule has 0 aliphatic heterocycles. The molecule has 2 aromatic carbocycles. The van der Waals surface area contributed by atoms with Crippen LogP contribution in [0.4, 0.5) is 4.39 Å². The number of hydrogen-bond donors (Lipinski definition) is 0. The fourth-order valence-corrected chi connectivity index (χ4v) is 3.81. The van der Waals surface area contributed by atoms with Gasteiger partial charge < -0.3 is 9.30 Å². The van der Waals surface area contributed by atoms with Crippen LogP contribution in [0.2, 0.25) is 5.02 Å². The van der Waals surface area contributed by atoms with Gasteiger partial charge in [0.2, 0.25) is 0 Å². The van der Waals surface area contributed by atoms with Gasteiger partial charge in [0.05, 0.1) is 23.6 Å². The van der Waals surface area contributed by atoms with E-state index in [-0.39, 0.29) is 23.6 Å². The maximum atomic E-state index is 13.7. The van der Waals surface area contributed by atoms with Crippen LogP contribution < -0.4 is 0 Å². The van der Waals surface area contributed by atoms with E-state index in [9.17, 15) is 9.18 Å². The lowest BCUT2D eigenvalue weighted by molar-refractivity contribution is -0.152. The lowest BCUT2D eigenvalue weighted by atomic mass is 9.73. The molecule has 1 saturated carbocycles. The quantitative estimate of drug-likeness (QED) is 0.584. The van der Waals surface area contributed by atoms with Gasteiger partial charge in [-0.2, -0.15) is 0 Å². The molecule has 1 aliphatic rings. The number of hydrogen-bond acceptors (Lipinski definition) is 3. The Morgan fingerprint density at radius 3 is 2.70 bits per heavy atom. The number of ether oxygens (including phenoxy) is 1. The van der Waals surface area contributed by atoms with Crippen molar-refractivity contribution in [3.8, 4) is 0 Å². The molecule has 3 aromatic rings. The number of rotatable bonds is 5. The van der Waals surface area contributed by atoms with Gasteiger partial charge >= 0.3 is 5.97 Å². The molecule has 0 amide bonds. The molecule has 27 heavy (non-hydrogen) atoms. The molecule has 1 heterocycles. The number of fused-ring (bicyclic) bond motifs is 1. The van der Waals surface area contributed by atoms with E-state index in [0.717, 1.165) is 29.7 Å². The van der Waals surface area contributed by atoms with Crippen LogP contribution in [0.25, 0.3) is 11.0 Å². The summed E-state index contributed by atoms with van der Waals surface area (Å²) in [6, 6.07) is 12.2. The van der Waals surface area contributed by atoms with Crippen LogP contribution in [0.15, 0.2) is 42.5 Å². The number of carbonyl (C=O) groups excluding carboxylic acids is 1. The van der Waals surface area contributed by atoms with Crippen LogP contribution in [0.5, 0.6) is 0 Å². The average molecular weight is 387 g/mol. The van der Waals surface area contributed by atoms with Gasteiger partial charge in [-0.15, -0.1) is 0 Å². The second-order valence-electron chi connectivity index (χ2n) is 6.86. The molecular weight excluding hydrogens is 367 g/mol. The topological polar surface area (TPSA) is 44.1 Å². The average Bonchev–Trinajstić information content (AvgIpc) is 2.93. The van der Waals surface area contributed by atoms with Crippen LogP contribution >= 0.6 is 11.6 Å². The van der Waals surface area contributed by atoms with E-state index in [1.807, 2.05) is 31.2 Å². The van der Waals surface area contributed by atoms with Gasteiger partial charge in [-0.05, 0) is 49.6 Å². The van der Waals surface area contributed by atoms with E-state index in [1.165, 1.54) is 12.1 Å². The van der Waals surface area contributed by atoms with Gasteiger partial charge in [0.1, 0.15) is 11.6 Å². The smallest absolute Gasteiger partial charge is 0.309 e. The van der Waals surface area contributed by atoms with Gasteiger partial charge in [0.25, 0.3) is 0 Å². The number of nitrogens with zero attached hydrogens (tertiary/aromatic N) is 2. The number of benzene rings is 2. The third-order valence-corrected chi connectivity index (χ3v) is 5.44. The molecule has 4 nitrogen and oxygen atoms in total. The number of imidazole rings is 1. The summed E-state index contributed by atoms with van der Waals surface area (Å²) in [6.45, 7) is 2.76. The summed E-state index contributed by atoms with van der Waals surface area (Å²) in [4.78, 5) is 16.9. The predicted octanol–water partition coefficient (Wildman–Crippen LogP) is 4.93. The standard InChI is InChI=1S/C21H20ClFN2O2/c1-2-27-21(26)17-9-8-16(17)20-24-18-11-15(23)7-10-19(18)25(20)12-13-3-5-14(22)6-4-13/h3-7,10-11,16-17H,2,8-9,12H2,1H3. The molecule has 0 spiro atoms. The molecule has 2 unspecified atom stereocenters. The molecule has 0 saturated heterocycles. The minimum atomic E-state index is -0.319. The van der Waals surface area contributed by atoms with Gasteiger partial charge in [-0.1, -0.05) is 23.7 Å². The van der Waals surface area contributed by atoms with E-state index in [1.54, 1.807) is 6.07 Å². The molecule has 6 heteroatoms. The summed E-state index contributed by atoms with van der Waals surface area (Å²) in [5.41, 5.74) is 2.53. The zero-order chi connectivity index (χ0) is 19.0. The molecule has 0 radical (unpaired) electrons. The van der Waals surface area contributed by atoms with E-state index >= 15 is 0 Å². The summed E-state index contributed by atoms with van der Waals surface area (Å²) < 4.78 is 21.0. The summed E-state index contributed by atoms with van der Waals surface area (Å²) in [5.74, 6) is 0.128. The zero-order valence-corrected chi connectivity index (χ0v) is 15.7. The second-order valence-corrected chi connectivity index (χ2v) is 7.29. The first-order valence-corrected chi connectivity index (χ1v) is 9.51. The minimum Gasteiger partial charge on any atom is -0.466 e. The van der Waals surface area contributed by atoms with Gasteiger partial charge in [-0.25, -0.2) is 9.37 Å². The van der Waals surface area contributed by atoms with Crippen molar-refractivity contribution < 1.29 is 13.9 Å². The third-order valence-electron chi connectivity index (χ3n) is 5.19. The Balaban J connectivity index is 1.75. The molecule has 1 fully saturated rings. The Morgan fingerprint density at radius 1 is 1.26 bits per heavy atom. The Morgan fingerprint density at radius 2 is 2.04 bits per heavy atom. The number of esters is 1. The molecule has 4 rings (SSSR count). The van der Waals surface area contributed by atoms with Crippen molar-refractivity contribution in [3.05, 3.63) is 64.7 Å². The molecular formula is C21H20ClFN2O2. The van der Waals surface area contributed by atoms with Crippen molar-refractivity contribution >= 4 is 28.6 Å². The lowest BCUT2D eigenvalue weighted by Gasteiger charge is -2.34. The van der Waals surface area contributed by atoms with E-state index in [2.05, 4.69) is 4.57 Å². The molecule has 2 atom stereocenters. The van der Waals surface area contributed by atoms with Crippen LogP contribution in [0.3, 0.4) is 0 Å². The highest BCUT2D eigenvalue weighted by atomic mass is 35.5. The van der Waals surface area contributed by atoms with Crippen molar-refractivity contribution in [2.45, 2.75) is 32.2 Å². The van der Waals surface area contributed by atoms with E-state index in [0.29, 0.717) is 23.7 Å². The lowest BCUT2D eigenvalue weighted by Crippen LogP contribution is -2.34. The van der Waals surface area contributed by atoms with Gasteiger partial charge in [0.15, 0.2) is 0 Å². The Kier molecular flexibility index (Phi) is 4.87. The normalized spacial score (nSPS) is 19.1. The predicted molar refractivity (Wildman–Crippen MR) is 102 cm³/mol. The highest BCUT2D eigenvalue weighted by Crippen LogP contribution is 2.43. The summed E-state index contributed by atoms with van der Waals surface area (Å²) in [6.07, 6.45) is 1.66. The first kappa shape index (κ1) is 18.0. The van der Waals surface area contributed by atoms with Crippen molar-refractivity contribution in [2.24, 2.45) is 5.92 Å². The maximum Gasteiger partial charge on any atom is 0.309 e. The summed E-state index contributed by atoms with van der Waals surface area (Å²) in [5, 5.41) is 0.679. The number of aromatic nitrogens is 2. The largest absolute Gasteiger partial charge is 0.466 e. The first-order chi connectivity index (χ1) is 13.1. The summed E-state index contributed by atoms with van der Waals surface area (Å²) >= 11 is 5.99. The molecule has 140 valence electrons. The second kappa shape index (κ2) is 7.31. The van der Waals surface area contributed by atoms with Gasteiger partial charge in [-0.3, -0.25) is 4.79 Å². The fraction of sp³-hybridized carbons (Fsp3) is 0.333. The van der Waals surface area contributed by atoms with Crippen molar-refractivity contribution in [1.82, 2.24) is 9.55 Å². The SMILES string of the molecule is CCOC(=O)C1CCC1c1nc2cc(F)ccc2n1Cc1ccc(Cl)cc1. The van der Waals surface area contributed by atoms with Crippen LogP contribution in [-0.4, -0.2) is 22.1 Å². The van der Waals surface area contributed by atoms with Crippen molar-refractivity contribution in [1.29, 1.82) is 0 Å². The Hall–Kier alpha value is -2.40. The Bertz CT molecular complexity index is 984. The third kappa shape index (κ3) is 3.44. The number of carbonyl (C=O) groups is 1. The zero-order valence-electron chi connectivity index (χ0n) is 15.0. The molecule has 1 aliphatic carbocycles. The first-order valence-electron chi connectivity index (χ1n) is 9.13. The highest BCUT2D eigenvalue weighted by Gasteiger charge is 2.41.